The number of hydrogen-bond acceptors (Lipinski definition) is 4. The Morgan fingerprint density at radius 2 is 1.88 bits per heavy atom. The van der Waals surface area contributed by atoms with Crippen molar-refractivity contribution < 1.29 is 0 Å². The molecule has 0 unspecified atom stereocenters. The first-order valence-corrected chi connectivity index (χ1v) is 5.67. The summed E-state index contributed by atoms with van der Waals surface area (Å²) in [6.07, 6.45) is 2.20. The summed E-state index contributed by atoms with van der Waals surface area (Å²) in [5, 5.41) is 0. The SMILES string of the molecule is O=c1[nH]c(=O)n(Cl)c2nc(N3CCCC3)[nH]c12. The molecule has 0 bridgehead atoms. The lowest BCUT2D eigenvalue weighted by Gasteiger charge is -2.12. The second-order valence-electron chi connectivity index (χ2n) is 3.99. The third-order valence-electron chi connectivity index (χ3n) is 2.89. The van der Waals surface area contributed by atoms with E-state index in [0.29, 0.717) is 5.95 Å². The molecule has 1 aliphatic heterocycles. The van der Waals surface area contributed by atoms with Gasteiger partial charge in [-0.1, -0.05) is 0 Å². The summed E-state index contributed by atoms with van der Waals surface area (Å²) in [5.74, 6) is 0.586. The third-order valence-corrected chi connectivity index (χ3v) is 3.20. The lowest BCUT2D eigenvalue weighted by molar-refractivity contribution is 0.920. The first kappa shape index (κ1) is 10.4. The molecule has 0 amide bonds. The van der Waals surface area contributed by atoms with Gasteiger partial charge in [0, 0.05) is 24.9 Å². The number of hydrogen-bond donors (Lipinski definition) is 2. The van der Waals surface area contributed by atoms with Gasteiger partial charge in [0.2, 0.25) is 5.95 Å². The Balaban J connectivity index is 2.25. The molecule has 3 rings (SSSR count). The topological polar surface area (TPSA) is 86.8 Å². The summed E-state index contributed by atoms with van der Waals surface area (Å²) in [7, 11) is 0. The highest BCUT2D eigenvalue weighted by molar-refractivity contribution is 6.17. The molecule has 3 heterocycles. The van der Waals surface area contributed by atoms with Gasteiger partial charge in [-0.15, -0.1) is 0 Å². The highest BCUT2D eigenvalue weighted by atomic mass is 35.5. The van der Waals surface area contributed by atoms with E-state index >= 15 is 0 Å². The first-order chi connectivity index (χ1) is 8.16. The second kappa shape index (κ2) is 3.63. The van der Waals surface area contributed by atoms with Gasteiger partial charge < -0.3 is 9.88 Å². The van der Waals surface area contributed by atoms with Crippen LogP contribution in [0.15, 0.2) is 9.59 Å². The zero-order chi connectivity index (χ0) is 12.0. The van der Waals surface area contributed by atoms with Crippen LogP contribution >= 0.6 is 11.8 Å². The normalized spacial score (nSPS) is 15.9. The minimum Gasteiger partial charge on any atom is -0.342 e. The van der Waals surface area contributed by atoms with Gasteiger partial charge in [-0.25, -0.2) is 4.79 Å². The van der Waals surface area contributed by atoms with Crippen molar-refractivity contribution in [2.24, 2.45) is 0 Å². The smallest absolute Gasteiger partial charge is 0.342 e. The Bertz CT molecular complexity index is 679. The zero-order valence-corrected chi connectivity index (χ0v) is 9.62. The number of aromatic amines is 2. The molecule has 2 aromatic rings. The van der Waals surface area contributed by atoms with E-state index in [1.54, 1.807) is 0 Å². The van der Waals surface area contributed by atoms with Crippen molar-refractivity contribution in [3.8, 4) is 0 Å². The number of H-pyrrole nitrogens is 2. The second-order valence-corrected chi connectivity index (χ2v) is 4.33. The van der Waals surface area contributed by atoms with E-state index in [1.165, 1.54) is 0 Å². The molecule has 17 heavy (non-hydrogen) atoms. The van der Waals surface area contributed by atoms with Gasteiger partial charge in [0.15, 0.2) is 11.2 Å². The largest absolute Gasteiger partial charge is 0.345 e. The summed E-state index contributed by atoms with van der Waals surface area (Å²) >= 11 is 5.75. The molecule has 1 aliphatic rings. The zero-order valence-electron chi connectivity index (χ0n) is 8.86. The number of imidazole rings is 1. The van der Waals surface area contributed by atoms with Crippen molar-refractivity contribution in [1.82, 2.24) is 19.0 Å². The molecular formula is C9H10ClN5O2. The molecular weight excluding hydrogens is 246 g/mol. The highest BCUT2D eigenvalue weighted by Gasteiger charge is 2.18. The Morgan fingerprint density at radius 3 is 2.59 bits per heavy atom. The molecule has 1 saturated heterocycles. The maximum absolute atomic E-state index is 11.6. The fourth-order valence-corrected chi connectivity index (χ4v) is 2.20. The minimum absolute atomic E-state index is 0.169. The van der Waals surface area contributed by atoms with Crippen LogP contribution in [0.1, 0.15) is 12.8 Å². The monoisotopic (exact) mass is 255 g/mol. The maximum Gasteiger partial charge on any atom is 0.345 e. The number of rotatable bonds is 1. The first-order valence-electron chi connectivity index (χ1n) is 5.33. The summed E-state index contributed by atoms with van der Waals surface area (Å²) < 4.78 is 0.812. The van der Waals surface area contributed by atoms with Gasteiger partial charge >= 0.3 is 5.69 Å². The van der Waals surface area contributed by atoms with E-state index in [9.17, 15) is 9.59 Å². The number of anilines is 1. The quantitative estimate of drug-likeness (QED) is 0.752. The number of fused-ring (bicyclic) bond motifs is 1. The van der Waals surface area contributed by atoms with E-state index in [1.807, 2.05) is 4.90 Å². The van der Waals surface area contributed by atoms with E-state index < -0.39 is 11.2 Å². The van der Waals surface area contributed by atoms with E-state index in [0.717, 1.165) is 30.0 Å². The van der Waals surface area contributed by atoms with E-state index in [4.69, 9.17) is 11.8 Å². The van der Waals surface area contributed by atoms with Crippen molar-refractivity contribution in [1.29, 1.82) is 0 Å². The van der Waals surface area contributed by atoms with Crippen molar-refractivity contribution in [3.05, 3.63) is 20.8 Å². The van der Waals surface area contributed by atoms with Crippen molar-refractivity contribution >= 4 is 28.9 Å². The lowest BCUT2D eigenvalue weighted by Crippen LogP contribution is -2.26. The number of nitrogens with one attached hydrogen (secondary N) is 2. The van der Waals surface area contributed by atoms with Gasteiger partial charge in [-0.3, -0.25) is 9.78 Å². The van der Waals surface area contributed by atoms with Gasteiger partial charge in [-0.05, 0) is 12.8 Å². The number of nitrogens with zero attached hydrogens (tertiary/aromatic N) is 3. The molecule has 2 N–H and O–H groups in total. The summed E-state index contributed by atoms with van der Waals surface area (Å²) in [6, 6.07) is 0. The Morgan fingerprint density at radius 1 is 1.18 bits per heavy atom. The fraction of sp³-hybridized carbons (Fsp3) is 0.444. The van der Waals surface area contributed by atoms with Gasteiger partial charge in [0.1, 0.15) is 0 Å². The minimum atomic E-state index is -0.677. The molecule has 1 fully saturated rings. The van der Waals surface area contributed by atoms with Crippen LogP contribution in [0.25, 0.3) is 11.2 Å². The van der Waals surface area contributed by atoms with Crippen LogP contribution in [0.3, 0.4) is 0 Å². The average molecular weight is 256 g/mol. The van der Waals surface area contributed by atoms with Crippen LogP contribution in [-0.2, 0) is 0 Å². The molecule has 0 aromatic carbocycles. The summed E-state index contributed by atoms with van der Waals surface area (Å²) in [5.41, 5.74) is -0.785. The van der Waals surface area contributed by atoms with E-state index in [2.05, 4.69) is 15.0 Å². The molecule has 0 radical (unpaired) electrons. The van der Waals surface area contributed by atoms with Gasteiger partial charge in [-0.2, -0.15) is 9.07 Å². The molecule has 7 nitrogen and oxygen atoms in total. The molecule has 2 aromatic heterocycles. The average Bonchev–Trinajstić information content (AvgIpc) is 2.94. The van der Waals surface area contributed by atoms with Crippen molar-refractivity contribution in [2.45, 2.75) is 12.8 Å². The van der Waals surface area contributed by atoms with E-state index in [-0.39, 0.29) is 11.2 Å². The Hall–Kier alpha value is -1.76. The Kier molecular flexibility index (Phi) is 2.22. The molecule has 0 saturated carbocycles. The van der Waals surface area contributed by atoms with Crippen molar-refractivity contribution in [3.63, 3.8) is 0 Å². The third kappa shape index (κ3) is 1.54. The fourth-order valence-electron chi connectivity index (χ4n) is 2.04. The standard InChI is InChI=1S/C9H10ClN5O2/c10-15-6-5(7(16)13-9(15)17)11-8(12-6)14-3-1-2-4-14/h1-4H2,(H,11,12)(H,13,16,17). The summed E-state index contributed by atoms with van der Waals surface area (Å²) in [6.45, 7) is 1.79. The predicted molar refractivity (Wildman–Crippen MR) is 63.7 cm³/mol. The maximum atomic E-state index is 11.6. The van der Waals surface area contributed by atoms with Gasteiger partial charge in [0.05, 0.1) is 0 Å². The number of halogens is 1. The van der Waals surface area contributed by atoms with Crippen LogP contribution in [0.5, 0.6) is 0 Å². The molecule has 0 atom stereocenters. The predicted octanol–water partition coefficient (Wildman–Crippen LogP) is 0.0150. The highest BCUT2D eigenvalue weighted by Crippen LogP contribution is 2.18. The molecule has 0 aliphatic carbocycles. The van der Waals surface area contributed by atoms with Crippen LogP contribution in [0, 0.1) is 0 Å². The number of aromatic nitrogens is 4. The van der Waals surface area contributed by atoms with Crippen LogP contribution in [0.2, 0.25) is 0 Å². The molecule has 0 spiro atoms. The van der Waals surface area contributed by atoms with Crippen LogP contribution in [-0.4, -0.2) is 32.1 Å². The molecule has 8 heteroatoms. The van der Waals surface area contributed by atoms with Crippen LogP contribution < -0.4 is 16.1 Å². The Labute approximate surface area is 100 Å². The van der Waals surface area contributed by atoms with Gasteiger partial charge in [0.25, 0.3) is 5.56 Å². The summed E-state index contributed by atoms with van der Waals surface area (Å²) in [4.78, 5) is 34.1. The molecule has 90 valence electrons. The van der Waals surface area contributed by atoms with Crippen LogP contribution in [0.4, 0.5) is 5.95 Å². The van der Waals surface area contributed by atoms with Crippen molar-refractivity contribution in [2.75, 3.05) is 18.0 Å². The lowest BCUT2D eigenvalue weighted by atomic mass is 10.4.